The third kappa shape index (κ3) is 5.08. The molecular weight excluding hydrogens is 262 g/mol. The molecule has 1 fully saturated rings. The minimum atomic E-state index is 0.428. The molecule has 2 rings (SSSR count). The van der Waals surface area contributed by atoms with Gasteiger partial charge in [-0.15, -0.1) is 5.10 Å². The number of likely N-dealkylation sites (tertiary alicyclic amines) is 1. The van der Waals surface area contributed by atoms with Crippen molar-refractivity contribution in [2.75, 3.05) is 19.6 Å². The Balaban J connectivity index is 1.74. The van der Waals surface area contributed by atoms with Crippen molar-refractivity contribution in [2.45, 2.75) is 60.2 Å². The van der Waals surface area contributed by atoms with Crippen LogP contribution in [0.2, 0.25) is 0 Å². The Labute approximate surface area is 129 Å². The van der Waals surface area contributed by atoms with Crippen molar-refractivity contribution in [3.8, 4) is 0 Å². The van der Waals surface area contributed by atoms with E-state index in [1.807, 2.05) is 4.68 Å². The second-order valence-electron chi connectivity index (χ2n) is 7.66. The Morgan fingerprint density at radius 3 is 2.71 bits per heavy atom. The summed E-state index contributed by atoms with van der Waals surface area (Å²) in [6.07, 6.45) is 3.39. The molecule has 1 saturated heterocycles. The summed E-state index contributed by atoms with van der Waals surface area (Å²) in [4.78, 5) is 2.56. The minimum Gasteiger partial charge on any atom is -0.309 e. The highest BCUT2D eigenvalue weighted by atomic mass is 15.4. The number of rotatable bonds is 6. The van der Waals surface area contributed by atoms with Gasteiger partial charge >= 0.3 is 0 Å². The molecule has 1 aliphatic rings. The molecule has 1 aromatic heterocycles. The summed E-state index contributed by atoms with van der Waals surface area (Å²) in [6, 6.07) is 0.481. The Morgan fingerprint density at radius 2 is 2.10 bits per heavy atom. The first-order valence-electron chi connectivity index (χ1n) is 8.19. The monoisotopic (exact) mass is 293 g/mol. The van der Waals surface area contributed by atoms with Gasteiger partial charge in [0.25, 0.3) is 0 Å². The summed E-state index contributed by atoms with van der Waals surface area (Å²) in [5.74, 6) is 0.819. The van der Waals surface area contributed by atoms with E-state index in [1.54, 1.807) is 0 Å². The topological polar surface area (TPSA) is 46.0 Å². The van der Waals surface area contributed by atoms with Crippen molar-refractivity contribution < 1.29 is 0 Å². The second-order valence-corrected chi connectivity index (χ2v) is 7.66. The van der Waals surface area contributed by atoms with Crippen LogP contribution in [-0.2, 0) is 13.1 Å². The van der Waals surface area contributed by atoms with Crippen LogP contribution in [0.1, 0.15) is 46.7 Å². The molecule has 0 radical (unpaired) electrons. The first-order chi connectivity index (χ1) is 9.84. The molecule has 1 unspecified atom stereocenters. The molecule has 0 aliphatic carbocycles. The average molecular weight is 293 g/mol. The lowest BCUT2D eigenvalue weighted by atomic mass is 9.80. The van der Waals surface area contributed by atoms with Gasteiger partial charge in [0.05, 0.1) is 12.2 Å². The molecule has 5 nitrogen and oxygen atoms in total. The highest BCUT2D eigenvalue weighted by Crippen LogP contribution is 2.33. The molecule has 1 atom stereocenters. The third-order valence-electron chi connectivity index (χ3n) is 4.42. The van der Waals surface area contributed by atoms with E-state index in [0.717, 1.165) is 31.2 Å². The number of nitrogens with zero attached hydrogens (tertiary/aromatic N) is 4. The van der Waals surface area contributed by atoms with Crippen LogP contribution < -0.4 is 5.32 Å². The number of nitrogens with one attached hydrogen (secondary N) is 1. The maximum Gasteiger partial charge on any atom is 0.0964 e. The fourth-order valence-electron chi connectivity index (χ4n) is 2.82. The first-order valence-corrected chi connectivity index (χ1v) is 8.19. The van der Waals surface area contributed by atoms with E-state index in [9.17, 15) is 0 Å². The highest BCUT2D eigenvalue weighted by molar-refractivity contribution is 4.92. The van der Waals surface area contributed by atoms with E-state index < -0.39 is 0 Å². The Kier molecular flexibility index (Phi) is 5.38. The van der Waals surface area contributed by atoms with Crippen molar-refractivity contribution in [1.29, 1.82) is 0 Å². The van der Waals surface area contributed by atoms with Crippen molar-refractivity contribution >= 4 is 0 Å². The molecule has 120 valence electrons. The molecule has 21 heavy (non-hydrogen) atoms. The standard InChI is InChI=1S/C16H31N5/c1-13(2)17-10-15-12-21(19-18-15)9-8-20-7-6-14(11-20)16(3,4)5/h12-14,17H,6-11H2,1-5H3. The van der Waals surface area contributed by atoms with E-state index in [4.69, 9.17) is 0 Å². The zero-order valence-electron chi connectivity index (χ0n) is 14.3. The maximum atomic E-state index is 4.22. The van der Waals surface area contributed by atoms with Gasteiger partial charge in [-0.2, -0.15) is 0 Å². The zero-order chi connectivity index (χ0) is 15.5. The van der Waals surface area contributed by atoms with Gasteiger partial charge in [-0.25, -0.2) is 0 Å². The summed E-state index contributed by atoms with van der Waals surface area (Å²) in [5, 5.41) is 11.8. The summed E-state index contributed by atoms with van der Waals surface area (Å²) < 4.78 is 1.97. The summed E-state index contributed by atoms with van der Waals surface area (Å²) in [7, 11) is 0. The Morgan fingerprint density at radius 1 is 1.33 bits per heavy atom. The quantitative estimate of drug-likeness (QED) is 0.873. The predicted octanol–water partition coefficient (Wildman–Crippen LogP) is 2.14. The molecule has 1 N–H and O–H groups in total. The maximum absolute atomic E-state index is 4.22. The van der Waals surface area contributed by atoms with E-state index >= 15 is 0 Å². The average Bonchev–Trinajstić information content (AvgIpc) is 3.02. The van der Waals surface area contributed by atoms with Gasteiger partial charge in [0.2, 0.25) is 0 Å². The number of aromatic nitrogens is 3. The largest absolute Gasteiger partial charge is 0.309 e. The molecule has 2 heterocycles. The Bertz CT molecular complexity index is 432. The van der Waals surface area contributed by atoms with Crippen molar-refractivity contribution in [3.05, 3.63) is 11.9 Å². The third-order valence-corrected chi connectivity index (χ3v) is 4.42. The molecule has 0 saturated carbocycles. The summed E-state index contributed by atoms with van der Waals surface area (Å²) in [5.41, 5.74) is 1.45. The van der Waals surface area contributed by atoms with Gasteiger partial charge < -0.3 is 10.2 Å². The number of hydrogen-bond acceptors (Lipinski definition) is 4. The molecule has 5 heteroatoms. The lowest BCUT2D eigenvalue weighted by Crippen LogP contribution is -2.28. The van der Waals surface area contributed by atoms with Crippen molar-refractivity contribution in [3.63, 3.8) is 0 Å². The summed E-state index contributed by atoms with van der Waals surface area (Å²) in [6.45, 7) is 16.6. The normalized spacial score (nSPS) is 20.6. The van der Waals surface area contributed by atoms with E-state index in [-0.39, 0.29) is 0 Å². The van der Waals surface area contributed by atoms with E-state index in [1.165, 1.54) is 19.5 Å². The van der Waals surface area contributed by atoms with Gasteiger partial charge in [-0.1, -0.05) is 39.8 Å². The first kappa shape index (κ1) is 16.4. The summed E-state index contributed by atoms with van der Waals surface area (Å²) >= 11 is 0. The van der Waals surface area contributed by atoms with Crippen molar-refractivity contribution in [1.82, 2.24) is 25.2 Å². The molecular formula is C16H31N5. The highest BCUT2D eigenvalue weighted by Gasteiger charge is 2.31. The van der Waals surface area contributed by atoms with Gasteiger partial charge in [0.15, 0.2) is 0 Å². The van der Waals surface area contributed by atoms with Crippen LogP contribution >= 0.6 is 0 Å². The van der Waals surface area contributed by atoms with Gasteiger partial charge in [-0.3, -0.25) is 4.68 Å². The molecule has 0 spiro atoms. The minimum absolute atomic E-state index is 0.428. The van der Waals surface area contributed by atoms with Crippen LogP contribution in [0.4, 0.5) is 0 Å². The van der Waals surface area contributed by atoms with Gasteiger partial charge in [0, 0.05) is 31.9 Å². The lowest BCUT2D eigenvalue weighted by Gasteiger charge is -2.27. The fourth-order valence-corrected chi connectivity index (χ4v) is 2.82. The van der Waals surface area contributed by atoms with Crippen LogP contribution in [0.5, 0.6) is 0 Å². The molecule has 0 aromatic carbocycles. The molecule has 1 aliphatic heterocycles. The van der Waals surface area contributed by atoms with Crippen LogP contribution in [0.25, 0.3) is 0 Å². The van der Waals surface area contributed by atoms with Crippen LogP contribution in [-0.4, -0.2) is 45.6 Å². The fraction of sp³-hybridized carbons (Fsp3) is 0.875. The van der Waals surface area contributed by atoms with Crippen LogP contribution in [0.3, 0.4) is 0 Å². The van der Waals surface area contributed by atoms with E-state index in [0.29, 0.717) is 11.5 Å². The molecule has 0 bridgehead atoms. The van der Waals surface area contributed by atoms with Crippen LogP contribution in [0.15, 0.2) is 6.20 Å². The Hall–Kier alpha value is -0.940. The zero-order valence-corrected chi connectivity index (χ0v) is 14.3. The van der Waals surface area contributed by atoms with Gasteiger partial charge in [-0.05, 0) is 24.3 Å². The van der Waals surface area contributed by atoms with Crippen molar-refractivity contribution in [2.24, 2.45) is 11.3 Å². The van der Waals surface area contributed by atoms with E-state index in [2.05, 4.69) is 61.3 Å². The number of hydrogen-bond donors (Lipinski definition) is 1. The smallest absolute Gasteiger partial charge is 0.0964 e. The predicted molar refractivity (Wildman–Crippen MR) is 86.0 cm³/mol. The molecule has 1 aromatic rings. The SMILES string of the molecule is CC(C)NCc1cn(CCN2CCC(C(C)(C)C)C2)nn1. The molecule has 0 amide bonds. The lowest BCUT2D eigenvalue weighted by molar-refractivity contribution is 0.225. The van der Waals surface area contributed by atoms with Crippen LogP contribution in [0, 0.1) is 11.3 Å². The second kappa shape index (κ2) is 6.88. The van der Waals surface area contributed by atoms with Gasteiger partial charge in [0.1, 0.15) is 0 Å².